The summed E-state index contributed by atoms with van der Waals surface area (Å²) >= 11 is 0. The maximum atomic E-state index is 11.5. The third kappa shape index (κ3) is 2.30. The van der Waals surface area contributed by atoms with Gasteiger partial charge in [-0.15, -0.1) is 0 Å². The fraction of sp³-hybridized carbons (Fsp3) is 0.182. The van der Waals surface area contributed by atoms with Gasteiger partial charge in [-0.2, -0.15) is 5.10 Å². The minimum absolute atomic E-state index is 0.106. The molecule has 1 amide bonds. The number of carbonyl (C=O) groups excluding carboxylic acids is 1. The number of nitrogens with zero attached hydrogens (tertiary/aromatic N) is 2. The lowest BCUT2D eigenvalue weighted by atomic mass is 10.2. The lowest BCUT2D eigenvalue weighted by Gasteiger charge is -2.01. The quantitative estimate of drug-likeness (QED) is 0.444. The van der Waals surface area contributed by atoms with Gasteiger partial charge in [0.2, 0.25) is 0 Å². The predicted octanol–water partition coefficient (Wildman–Crippen LogP) is -0.203. The van der Waals surface area contributed by atoms with Crippen LogP contribution in [0, 0.1) is 6.92 Å². The molecule has 7 heteroatoms. The number of nitrogens with one attached hydrogen (secondary N) is 1. The third-order valence-electron chi connectivity index (χ3n) is 2.48. The molecule has 3 N–H and O–H groups in total. The summed E-state index contributed by atoms with van der Waals surface area (Å²) < 4.78 is 6.52. The number of nitrogen functional groups attached to an aromatic ring is 1. The molecule has 0 unspecified atom stereocenters. The Morgan fingerprint density at radius 3 is 3.06 bits per heavy atom. The number of amides is 1. The number of hydrogen-bond acceptors (Lipinski definition) is 5. The van der Waals surface area contributed by atoms with Crippen LogP contribution >= 0.6 is 0 Å². The van der Waals surface area contributed by atoms with Gasteiger partial charge in [0.05, 0.1) is 6.54 Å². The van der Waals surface area contributed by atoms with Crippen molar-refractivity contribution in [3.8, 4) is 0 Å². The zero-order chi connectivity index (χ0) is 13.1. The molecule has 94 valence electrons. The van der Waals surface area contributed by atoms with Crippen LogP contribution in [0.1, 0.15) is 21.9 Å². The first-order chi connectivity index (χ1) is 8.61. The summed E-state index contributed by atoms with van der Waals surface area (Å²) in [4.78, 5) is 22.8. The van der Waals surface area contributed by atoms with Crippen molar-refractivity contribution in [2.45, 2.75) is 13.5 Å². The molecule has 2 aromatic rings. The van der Waals surface area contributed by atoms with E-state index in [1.54, 1.807) is 19.1 Å². The number of carbonyl (C=O) groups is 1. The fourth-order valence-corrected chi connectivity index (χ4v) is 1.53. The van der Waals surface area contributed by atoms with Crippen LogP contribution < -0.4 is 16.8 Å². The van der Waals surface area contributed by atoms with Gasteiger partial charge in [0.25, 0.3) is 5.56 Å². The summed E-state index contributed by atoms with van der Waals surface area (Å²) in [5, 5.41) is 3.93. The van der Waals surface area contributed by atoms with Gasteiger partial charge in [0.15, 0.2) is 5.76 Å². The van der Waals surface area contributed by atoms with Crippen LogP contribution in [0.15, 0.2) is 33.6 Å². The first-order valence-electron chi connectivity index (χ1n) is 5.24. The van der Waals surface area contributed by atoms with E-state index in [0.717, 1.165) is 0 Å². The Kier molecular flexibility index (Phi) is 3.24. The van der Waals surface area contributed by atoms with E-state index in [4.69, 9.17) is 10.3 Å². The number of hydrogen-bond donors (Lipinski definition) is 2. The summed E-state index contributed by atoms with van der Waals surface area (Å²) in [7, 11) is 0. The van der Waals surface area contributed by atoms with Crippen molar-refractivity contribution in [1.82, 2.24) is 15.2 Å². The molecule has 0 saturated heterocycles. The highest BCUT2D eigenvalue weighted by Gasteiger charge is 2.14. The largest absolute Gasteiger partial charge is 0.456 e. The number of aryl methyl sites for hydroxylation is 1. The molecule has 2 heterocycles. The Morgan fingerprint density at radius 1 is 1.61 bits per heavy atom. The summed E-state index contributed by atoms with van der Waals surface area (Å²) in [6.45, 7) is 1.95. The molecule has 0 aliphatic carbocycles. The highest BCUT2D eigenvalue weighted by atomic mass is 16.4. The van der Waals surface area contributed by atoms with Crippen LogP contribution in [0.5, 0.6) is 0 Å². The second-order valence-electron chi connectivity index (χ2n) is 3.69. The molecule has 18 heavy (non-hydrogen) atoms. The average molecular weight is 248 g/mol. The van der Waals surface area contributed by atoms with Gasteiger partial charge in [-0.05, 0) is 19.1 Å². The Bertz CT molecular complexity index is 629. The van der Waals surface area contributed by atoms with Gasteiger partial charge in [-0.1, -0.05) is 0 Å². The Balaban J connectivity index is 2.30. The molecule has 0 fully saturated rings. The van der Waals surface area contributed by atoms with Gasteiger partial charge in [0, 0.05) is 17.8 Å². The molecular formula is C11H12N4O3. The van der Waals surface area contributed by atoms with Crippen LogP contribution in [0.25, 0.3) is 0 Å². The second kappa shape index (κ2) is 4.84. The Morgan fingerprint density at radius 2 is 2.39 bits per heavy atom. The van der Waals surface area contributed by atoms with Crippen molar-refractivity contribution in [3.63, 3.8) is 0 Å². The lowest BCUT2D eigenvalue weighted by Crippen LogP contribution is -2.29. The highest BCUT2D eigenvalue weighted by Crippen LogP contribution is 2.14. The van der Waals surface area contributed by atoms with E-state index in [0.29, 0.717) is 11.3 Å². The second-order valence-corrected chi connectivity index (χ2v) is 3.69. The molecule has 0 aromatic carbocycles. The van der Waals surface area contributed by atoms with E-state index in [1.165, 1.54) is 16.9 Å². The van der Waals surface area contributed by atoms with E-state index < -0.39 is 5.91 Å². The molecule has 0 bridgehead atoms. The van der Waals surface area contributed by atoms with Gasteiger partial charge < -0.3 is 4.42 Å². The molecule has 2 aromatic heterocycles. The third-order valence-corrected chi connectivity index (χ3v) is 2.48. The fourth-order valence-electron chi connectivity index (χ4n) is 1.53. The Hall–Kier alpha value is -2.41. The van der Waals surface area contributed by atoms with Crippen LogP contribution in [0.2, 0.25) is 0 Å². The summed E-state index contributed by atoms with van der Waals surface area (Å²) in [5.74, 6) is 5.15. The summed E-state index contributed by atoms with van der Waals surface area (Å²) in [6.07, 6.45) is 1.52. The van der Waals surface area contributed by atoms with Gasteiger partial charge in [-0.3, -0.25) is 15.0 Å². The van der Waals surface area contributed by atoms with E-state index >= 15 is 0 Å². The number of furan rings is 1. The molecule has 7 nitrogen and oxygen atoms in total. The van der Waals surface area contributed by atoms with Crippen molar-refractivity contribution in [3.05, 3.63) is 51.8 Å². The number of hydrazine groups is 1. The van der Waals surface area contributed by atoms with Gasteiger partial charge in [-0.25, -0.2) is 10.5 Å². The maximum Gasteiger partial charge on any atom is 0.300 e. The standard InChI is InChI=1S/C11H12N4O3/c1-7-8(5-9(18-7)11(17)14-12)6-15-10(16)3-2-4-13-15/h2-5H,6,12H2,1H3,(H,14,17). The van der Waals surface area contributed by atoms with Crippen LogP contribution in [0.4, 0.5) is 0 Å². The molecule has 0 saturated carbocycles. The van der Waals surface area contributed by atoms with E-state index in [1.807, 2.05) is 5.43 Å². The molecule has 0 atom stereocenters. The van der Waals surface area contributed by atoms with Crippen molar-refractivity contribution < 1.29 is 9.21 Å². The zero-order valence-electron chi connectivity index (χ0n) is 9.71. The van der Waals surface area contributed by atoms with Crippen molar-refractivity contribution >= 4 is 5.91 Å². The average Bonchev–Trinajstić information content (AvgIpc) is 2.73. The van der Waals surface area contributed by atoms with Crippen molar-refractivity contribution in [2.75, 3.05) is 0 Å². The maximum absolute atomic E-state index is 11.5. The Labute approximate surface area is 102 Å². The summed E-state index contributed by atoms with van der Waals surface area (Å²) in [6, 6.07) is 4.52. The zero-order valence-corrected chi connectivity index (χ0v) is 9.71. The van der Waals surface area contributed by atoms with E-state index in [9.17, 15) is 9.59 Å². The first-order valence-corrected chi connectivity index (χ1v) is 5.24. The normalized spacial score (nSPS) is 10.3. The molecule has 0 aliphatic heterocycles. The van der Waals surface area contributed by atoms with Gasteiger partial charge in [0.1, 0.15) is 5.76 Å². The smallest absolute Gasteiger partial charge is 0.300 e. The lowest BCUT2D eigenvalue weighted by molar-refractivity contribution is 0.0924. The molecule has 2 rings (SSSR count). The number of nitrogens with two attached hydrogens (primary N) is 1. The summed E-state index contributed by atoms with van der Waals surface area (Å²) in [5.41, 5.74) is 2.46. The minimum Gasteiger partial charge on any atom is -0.456 e. The van der Waals surface area contributed by atoms with Crippen LogP contribution in [-0.4, -0.2) is 15.7 Å². The van der Waals surface area contributed by atoms with Crippen molar-refractivity contribution in [1.29, 1.82) is 0 Å². The SMILES string of the molecule is Cc1oc(C(=O)NN)cc1Cn1ncccc1=O. The molecule has 0 radical (unpaired) electrons. The first kappa shape index (κ1) is 12.1. The highest BCUT2D eigenvalue weighted by molar-refractivity contribution is 5.91. The molecular weight excluding hydrogens is 236 g/mol. The predicted molar refractivity (Wildman–Crippen MR) is 62.7 cm³/mol. The van der Waals surface area contributed by atoms with Crippen LogP contribution in [0.3, 0.4) is 0 Å². The van der Waals surface area contributed by atoms with E-state index in [-0.39, 0.29) is 17.9 Å². The van der Waals surface area contributed by atoms with Gasteiger partial charge >= 0.3 is 5.91 Å². The van der Waals surface area contributed by atoms with E-state index in [2.05, 4.69) is 5.10 Å². The molecule has 0 aliphatic rings. The number of rotatable bonds is 3. The number of aromatic nitrogens is 2. The minimum atomic E-state index is -0.516. The monoisotopic (exact) mass is 248 g/mol. The molecule has 0 spiro atoms. The van der Waals surface area contributed by atoms with Crippen molar-refractivity contribution in [2.24, 2.45) is 5.84 Å². The van der Waals surface area contributed by atoms with Crippen LogP contribution in [-0.2, 0) is 6.54 Å². The topological polar surface area (TPSA) is 103 Å².